The fraction of sp³-hybridized carbons (Fsp3) is 0.440. The van der Waals surface area contributed by atoms with E-state index in [-0.39, 0.29) is 17.6 Å². The van der Waals surface area contributed by atoms with Crippen LogP contribution in [0.4, 0.5) is 5.69 Å². The van der Waals surface area contributed by atoms with E-state index in [1.54, 1.807) is 11.3 Å². The second kappa shape index (κ2) is 8.24. The van der Waals surface area contributed by atoms with Crippen molar-refractivity contribution < 1.29 is 9.53 Å². The Balaban J connectivity index is 1.21. The predicted molar refractivity (Wildman–Crippen MR) is 126 cm³/mol. The molecule has 0 aliphatic carbocycles. The van der Waals surface area contributed by atoms with Gasteiger partial charge in [-0.2, -0.15) is 0 Å². The van der Waals surface area contributed by atoms with E-state index in [9.17, 15) is 4.79 Å². The Kier molecular flexibility index (Phi) is 5.44. The van der Waals surface area contributed by atoms with Gasteiger partial charge in [-0.05, 0) is 44.0 Å². The molecule has 0 radical (unpaired) electrons. The van der Waals surface area contributed by atoms with Gasteiger partial charge in [0.1, 0.15) is 0 Å². The molecule has 0 bridgehead atoms. The first-order valence-electron chi connectivity index (χ1n) is 11.1. The van der Waals surface area contributed by atoms with Crippen LogP contribution in [0.1, 0.15) is 29.8 Å². The van der Waals surface area contributed by atoms with Gasteiger partial charge in [-0.1, -0.05) is 29.8 Å². The van der Waals surface area contributed by atoms with E-state index in [0.29, 0.717) is 6.42 Å². The Morgan fingerprint density at radius 2 is 1.90 bits per heavy atom. The third kappa shape index (κ3) is 3.72. The van der Waals surface area contributed by atoms with Crippen LogP contribution < -0.4 is 4.90 Å². The zero-order valence-corrected chi connectivity index (χ0v) is 19.0. The maximum absolute atomic E-state index is 12.9. The monoisotopic (exact) mass is 435 g/mol. The number of aryl methyl sites for hydroxylation is 2. The first-order valence-corrected chi connectivity index (χ1v) is 11.9. The van der Waals surface area contributed by atoms with Crippen LogP contribution in [0.2, 0.25) is 0 Å². The Morgan fingerprint density at radius 1 is 1.16 bits per heavy atom. The van der Waals surface area contributed by atoms with Crippen molar-refractivity contribution in [1.29, 1.82) is 0 Å². The molecule has 2 aromatic carbocycles. The molecule has 2 aliphatic rings. The Morgan fingerprint density at radius 3 is 2.61 bits per heavy atom. The van der Waals surface area contributed by atoms with E-state index in [1.807, 2.05) is 30.2 Å². The molecule has 0 N–H and O–H groups in total. The number of piperidine rings is 1. The summed E-state index contributed by atoms with van der Waals surface area (Å²) in [5.41, 5.74) is 3.57. The molecule has 162 valence electrons. The van der Waals surface area contributed by atoms with Crippen molar-refractivity contribution in [2.75, 3.05) is 31.6 Å². The van der Waals surface area contributed by atoms with Gasteiger partial charge >= 0.3 is 0 Å². The highest BCUT2D eigenvalue weighted by Gasteiger charge is 2.55. The molecule has 3 aromatic rings. The van der Waals surface area contributed by atoms with Crippen molar-refractivity contribution in [1.82, 2.24) is 9.88 Å². The number of anilines is 1. The quantitative estimate of drug-likeness (QED) is 0.595. The second-order valence-corrected chi connectivity index (χ2v) is 9.85. The summed E-state index contributed by atoms with van der Waals surface area (Å²) < 4.78 is 7.02. The second-order valence-electron chi connectivity index (χ2n) is 8.73. The number of hydrogen-bond donors (Lipinski definition) is 0. The van der Waals surface area contributed by atoms with E-state index >= 15 is 0 Å². The van der Waals surface area contributed by atoms with Gasteiger partial charge in [-0.25, -0.2) is 4.98 Å². The van der Waals surface area contributed by atoms with E-state index in [0.717, 1.165) is 49.4 Å². The van der Waals surface area contributed by atoms with Crippen LogP contribution in [0.5, 0.6) is 0 Å². The molecule has 2 fully saturated rings. The maximum Gasteiger partial charge on any atom is 0.222 e. The van der Waals surface area contributed by atoms with Crippen molar-refractivity contribution in [3.05, 3.63) is 59.1 Å². The lowest BCUT2D eigenvalue weighted by Gasteiger charge is -2.61. The van der Waals surface area contributed by atoms with Crippen LogP contribution in [0.25, 0.3) is 10.2 Å². The topological polar surface area (TPSA) is 45.7 Å². The van der Waals surface area contributed by atoms with Crippen molar-refractivity contribution in [3.8, 4) is 0 Å². The number of nitrogens with zero attached hydrogens (tertiary/aromatic N) is 3. The number of amides is 1. The molecule has 1 unspecified atom stereocenters. The molecule has 6 heteroatoms. The number of fused-ring (bicyclic) bond motifs is 1. The summed E-state index contributed by atoms with van der Waals surface area (Å²) in [5, 5.41) is 1.05. The zero-order chi connectivity index (χ0) is 21.4. The molecule has 1 amide bonds. The highest BCUT2D eigenvalue weighted by molar-refractivity contribution is 7.18. The summed E-state index contributed by atoms with van der Waals surface area (Å²) in [4.78, 5) is 22.1. The molecule has 1 atom stereocenters. The summed E-state index contributed by atoms with van der Waals surface area (Å²) >= 11 is 1.70. The Labute approximate surface area is 187 Å². The summed E-state index contributed by atoms with van der Waals surface area (Å²) in [7, 11) is 1.81. The number of carbonyl (C=O) groups is 1. The average Bonchev–Trinajstić information content (AvgIpc) is 3.21. The molecule has 5 rings (SSSR count). The summed E-state index contributed by atoms with van der Waals surface area (Å²) in [6.07, 6.45) is 3.38. The van der Waals surface area contributed by atoms with Crippen LogP contribution >= 0.6 is 11.3 Å². The summed E-state index contributed by atoms with van der Waals surface area (Å²) in [5.74, 6) is 0.240. The lowest BCUT2D eigenvalue weighted by atomic mass is 9.73. The highest BCUT2D eigenvalue weighted by atomic mass is 32.1. The number of carbonyl (C=O) groups excluding carboxylic acids is 1. The van der Waals surface area contributed by atoms with Gasteiger partial charge in [-0.3, -0.25) is 4.79 Å². The molecule has 3 heterocycles. The number of thiazole rings is 1. The standard InChI is InChI=1S/C25H29N3O2S/c1-18-7-9-19(10-8-18)28-17-22(30-2)25(28)13-15-27(16-14-25)24(29)12-11-23-26-20-5-3-4-6-21(20)31-23/h3-10,22H,11-17H2,1-2H3. The smallest absolute Gasteiger partial charge is 0.222 e. The lowest BCUT2D eigenvalue weighted by Crippen LogP contribution is -2.74. The molecular formula is C25H29N3O2S. The van der Waals surface area contributed by atoms with Gasteiger partial charge in [0.05, 0.1) is 26.9 Å². The van der Waals surface area contributed by atoms with Crippen molar-refractivity contribution in [3.63, 3.8) is 0 Å². The largest absolute Gasteiger partial charge is 0.377 e. The van der Waals surface area contributed by atoms with Crippen LogP contribution in [0.15, 0.2) is 48.5 Å². The van der Waals surface area contributed by atoms with Gasteiger partial charge in [-0.15, -0.1) is 11.3 Å². The van der Waals surface area contributed by atoms with Crippen molar-refractivity contribution in [2.45, 2.75) is 44.2 Å². The average molecular weight is 436 g/mol. The van der Waals surface area contributed by atoms with Crippen LogP contribution in [0.3, 0.4) is 0 Å². The number of rotatable bonds is 5. The number of methoxy groups -OCH3 is 1. The van der Waals surface area contributed by atoms with E-state index in [4.69, 9.17) is 4.74 Å². The Hall–Kier alpha value is -2.44. The molecule has 2 aliphatic heterocycles. The number of aromatic nitrogens is 1. The van der Waals surface area contributed by atoms with Crippen LogP contribution in [0, 0.1) is 6.92 Å². The van der Waals surface area contributed by atoms with E-state index in [2.05, 4.69) is 47.1 Å². The predicted octanol–water partition coefficient (Wildman–Crippen LogP) is 4.43. The van der Waals surface area contributed by atoms with Gasteiger partial charge in [0, 0.05) is 45.3 Å². The van der Waals surface area contributed by atoms with Crippen molar-refractivity contribution in [2.24, 2.45) is 0 Å². The fourth-order valence-corrected chi connectivity index (χ4v) is 6.06. The first-order chi connectivity index (χ1) is 15.1. The van der Waals surface area contributed by atoms with Gasteiger partial charge < -0.3 is 14.5 Å². The SMILES string of the molecule is COC1CN(c2ccc(C)cc2)C12CCN(C(=O)CCc1nc3ccccc3s1)CC2. The third-order valence-corrected chi connectivity index (χ3v) is 8.08. The van der Waals surface area contributed by atoms with Crippen LogP contribution in [-0.4, -0.2) is 54.2 Å². The minimum Gasteiger partial charge on any atom is -0.377 e. The summed E-state index contributed by atoms with van der Waals surface area (Å²) in [6.45, 7) is 4.62. The normalized spacial score (nSPS) is 20.3. The number of likely N-dealkylation sites (tertiary alicyclic amines) is 1. The number of para-hydroxylation sites is 1. The molecule has 2 saturated heterocycles. The number of hydrogen-bond acceptors (Lipinski definition) is 5. The summed E-state index contributed by atoms with van der Waals surface area (Å²) in [6, 6.07) is 16.9. The molecule has 1 spiro atoms. The van der Waals surface area contributed by atoms with Gasteiger partial charge in [0.15, 0.2) is 0 Å². The molecule has 1 aromatic heterocycles. The maximum atomic E-state index is 12.9. The first kappa shape index (κ1) is 20.5. The fourth-order valence-electron chi connectivity index (χ4n) is 5.09. The van der Waals surface area contributed by atoms with Crippen molar-refractivity contribution >= 4 is 33.1 Å². The van der Waals surface area contributed by atoms with Crippen LogP contribution in [-0.2, 0) is 16.0 Å². The minimum atomic E-state index is 0.00776. The van der Waals surface area contributed by atoms with E-state index < -0.39 is 0 Å². The van der Waals surface area contributed by atoms with Gasteiger partial charge in [0.2, 0.25) is 5.91 Å². The number of benzene rings is 2. The zero-order valence-electron chi connectivity index (χ0n) is 18.2. The lowest BCUT2D eigenvalue weighted by molar-refractivity contribution is -0.135. The molecule has 0 saturated carbocycles. The minimum absolute atomic E-state index is 0.00776. The highest BCUT2D eigenvalue weighted by Crippen LogP contribution is 2.44. The number of ether oxygens (including phenoxy) is 1. The molecule has 31 heavy (non-hydrogen) atoms. The molecular weight excluding hydrogens is 406 g/mol. The van der Waals surface area contributed by atoms with Gasteiger partial charge in [0.25, 0.3) is 0 Å². The third-order valence-electron chi connectivity index (χ3n) is 6.99. The Bertz CT molecular complexity index is 1040. The van der Waals surface area contributed by atoms with E-state index in [1.165, 1.54) is 16.0 Å². The molecule has 5 nitrogen and oxygen atoms in total.